The molecule has 1 heterocycles. The summed E-state index contributed by atoms with van der Waals surface area (Å²) in [4.78, 5) is 12.1. The summed E-state index contributed by atoms with van der Waals surface area (Å²) < 4.78 is 0. The molecule has 1 fully saturated rings. The quantitative estimate of drug-likeness (QED) is 0.778. The van der Waals surface area contributed by atoms with E-state index in [1.807, 2.05) is 0 Å². The van der Waals surface area contributed by atoms with Gasteiger partial charge in [-0.1, -0.05) is 20.3 Å². The van der Waals surface area contributed by atoms with Crippen molar-refractivity contribution in [1.82, 2.24) is 10.4 Å². The number of carbonyl (C=O) groups excluding carboxylic acids is 1. The van der Waals surface area contributed by atoms with Crippen molar-refractivity contribution in [2.45, 2.75) is 71.9 Å². The lowest BCUT2D eigenvalue weighted by molar-refractivity contribution is -0.130. The Balaban J connectivity index is 2.44. The van der Waals surface area contributed by atoms with E-state index in [9.17, 15) is 4.79 Å². The average molecular weight is 269 g/mol. The highest BCUT2D eigenvalue weighted by atomic mass is 16.2. The van der Waals surface area contributed by atoms with Crippen LogP contribution in [-0.2, 0) is 4.79 Å². The van der Waals surface area contributed by atoms with E-state index in [0.29, 0.717) is 36.9 Å². The van der Waals surface area contributed by atoms with Crippen LogP contribution in [0.3, 0.4) is 0 Å². The Labute approximate surface area is 118 Å². The van der Waals surface area contributed by atoms with Gasteiger partial charge in [-0.3, -0.25) is 10.2 Å². The number of nitrogens with zero attached hydrogens (tertiary/aromatic N) is 1. The van der Waals surface area contributed by atoms with Gasteiger partial charge >= 0.3 is 0 Å². The molecule has 19 heavy (non-hydrogen) atoms. The highest BCUT2D eigenvalue weighted by Gasteiger charge is 2.26. The van der Waals surface area contributed by atoms with Crippen LogP contribution in [0.1, 0.15) is 59.8 Å². The van der Waals surface area contributed by atoms with Gasteiger partial charge in [0.15, 0.2) is 0 Å². The number of nitrogens with two attached hydrogens (primary N) is 1. The lowest BCUT2D eigenvalue weighted by atomic mass is 9.94. The summed E-state index contributed by atoms with van der Waals surface area (Å²) in [6.07, 6.45) is 5.15. The number of hydrazine groups is 1. The highest BCUT2D eigenvalue weighted by molar-refractivity contribution is 5.75. The number of nitrogens with one attached hydrogen (secondary N) is 1. The van der Waals surface area contributed by atoms with Crippen LogP contribution in [0.25, 0.3) is 0 Å². The Bertz CT molecular complexity index is 271. The molecule has 0 bridgehead atoms. The maximum Gasteiger partial charge on any atom is 0.234 e. The monoisotopic (exact) mass is 269 g/mol. The van der Waals surface area contributed by atoms with Crippen molar-refractivity contribution in [2.24, 2.45) is 17.6 Å². The van der Waals surface area contributed by atoms with E-state index in [1.54, 1.807) is 0 Å². The molecule has 0 spiro atoms. The number of amides is 1. The molecule has 4 nitrogen and oxygen atoms in total. The third kappa shape index (κ3) is 5.49. The summed E-state index contributed by atoms with van der Waals surface area (Å²) >= 11 is 0. The van der Waals surface area contributed by atoms with Gasteiger partial charge in [0, 0.05) is 18.5 Å². The molecular weight excluding hydrogens is 238 g/mol. The fourth-order valence-electron chi connectivity index (χ4n) is 3.02. The molecule has 0 aromatic rings. The zero-order valence-corrected chi connectivity index (χ0v) is 13.0. The maximum atomic E-state index is 12.1. The molecule has 1 rings (SSSR count). The molecule has 1 amide bonds. The number of piperidine rings is 1. The second kappa shape index (κ2) is 7.85. The third-order valence-corrected chi connectivity index (χ3v) is 4.06. The first-order valence-electron chi connectivity index (χ1n) is 7.71. The van der Waals surface area contributed by atoms with Crippen molar-refractivity contribution >= 4 is 5.91 Å². The van der Waals surface area contributed by atoms with Crippen molar-refractivity contribution in [2.75, 3.05) is 6.54 Å². The van der Waals surface area contributed by atoms with Gasteiger partial charge in [-0.2, -0.15) is 0 Å². The predicted octanol–water partition coefficient (Wildman–Crippen LogP) is 2.29. The molecule has 112 valence electrons. The first-order chi connectivity index (χ1) is 8.93. The normalized spacial score (nSPS) is 26.4. The van der Waals surface area contributed by atoms with Crippen molar-refractivity contribution < 1.29 is 4.79 Å². The predicted molar refractivity (Wildman–Crippen MR) is 79.4 cm³/mol. The molecular formula is C15H31N3O. The lowest BCUT2D eigenvalue weighted by Gasteiger charge is -2.39. The van der Waals surface area contributed by atoms with E-state index in [-0.39, 0.29) is 5.91 Å². The summed E-state index contributed by atoms with van der Waals surface area (Å²) in [5, 5.41) is 2.13. The van der Waals surface area contributed by atoms with E-state index in [1.165, 1.54) is 6.42 Å². The lowest BCUT2D eigenvalue weighted by Crippen LogP contribution is -2.54. The molecule has 2 unspecified atom stereocenters. The summed E-state index contributed by atoms with van der Waals surface area (Å²) in [6.45, 7) is 9.32. The SMILES string of the molecule is CC(C)C[C@H](CN)CC(=O)NN1C(C)CCCC1C. The van der Waals surface area contributed by atoms with Crippen LogP contribution in [-0.4, -0.2) is 29.5 Å². The van der Waals surface area contributed by atoms with Crippen molar-refractivity contribution in [3.63, 3.8) is 0 Å². The van der Waals surface area contributed by atoms with E-state index >= 15 is 0 Å². The van der Waals surface area contributed by atoms with Crippen LogP contribution in [0.4, 0.5) is 0 Å². The summed E-state index contributed by atoms with van der Waals surface area (Å²) in [5.41, 5.74) is 8.86. The Morgan fingerprint density at radius 3 is 2.37 bits per heavy atom. The van der Waals surface area contributed by atoms with E-state index in [4.69, 9.17) is 5.73 Å². The molecule has 1 aliphatic heterocycles. The largest absolute Gasteiger partial charge is 0.330 e. The van der Waals surface area contributed by atoms with Gasteiger partial charge in [-0.05, 0) is 51.5 Å². The van der Waals surface area contributed by atoms with Crippen LogP contribution < -0.4 is 11.2 Å². The second-order valence-corrected chi connectivity index (χ2v) is 6.51. The van der Waals surface area contributed by atoms with Gasteiger partial charge in [-0.15, -0.1) is 0 Å². The molecule has 0 aromatic carbocycles. The molecule has 0 radical (unpaired) electrons. The second-order valence-electron chi connectivity index (χ2n) is 6.51. The summed E-state index contributed by atoms with van der Waals surface area (Å²) in [7, 11) is 0. The average Bonchev–Trinajstić information content (AvgIpc) is 2.32. The molecule has 4 heteroatoms. The fraction of sp³-hybridized carbons (Fsp3) is 0.933. The smallest absolute Gasteiger partial charge is 0.234 e. The van der Waals surface area contributed by atoms with Gasteiger partial charge in [0.2, 0.25) is 5.91 Å². The number of hydrogen-bond donors (Lipinski definition) is 2. The zero-order chi connectivity index (χ0) is 14.4. The van der Waals surface area contributed by atoms with Crippen molar-refractivity contribution in [3.8, 4) is 0 Å². The molecule has 0 saturated carbocycles. The van der Waals surface area contributed by atoms with Crippen LogP contribution in [0, 0.1) is 11.8 Å². The summed E-state index contributed by atoms with van der Waals surface area (Å²) in [5.74, 6) is 1.02. The Hall–Kier alpha value is -0.610. The number of rotatable bonds is 6. The molecule has 0 aliphatic carbocycles. The van der Waals surface area contributed by atoms with Crippen LogP contribution in [0.15, 0.2) is 0 Å². The van der Waals surface area contributed by atoms with Gasteiger partial charge in [0.25, 0.3) is 0 Å². The van der Waals surface area contributed by atoms with Crippen LogP contribution >= 0.6 is 0 Å². The molecule has 3 N–H and O–H groups in total. The Morgan fingerprint density at radius 1 is 1.32 bits per heavy atom. The van der Waals surface area contributed by atoms with Gasteiger partial charge in [-0.25, -0.2) is 5.01 Å². The highest BCUT2D eigenvalue weighted by Crippen LogP contribution is 2.21. The fourth-order valence-corrected chi connectivity index (χ4v) is 3.02. The zero-order valence-electron chi connectivity index (χ0n) is 13.0. The minimum Gasteiger partial charge on any atom is -0.330 e. The Morgan fingerprint density at radius 2 is 1.89 bits per heavy atom. The Kier molecular flexibility index (Phi) is 6.80. The first-order valence-corrected chi connectivity index (χ1v) is 7.71. The van der Waals surface area contributed by atoms with E-state index in [0.717, 1.165) is 19.3 Å². The van der Waals surface area contributed by atoms with E-state index in [2.05, 4.69) is 38.1 Å². The number of carbonyl (C=O) groups is 1. The standard InChI is InChI=1S/C15H31N3O/c1-11(2)8-14(10-16)9-15(19)17-18-12(3)6-5-7-13(18)4/h11-14H,5-10,16H2,1-4H3,(H,17,19)/t12?,13?,14-/m0/s1. The minimum absolute atomic E-state index is 0.122. The first kappa shape index (κ1) is 16.4. The van der Waals surface area contributed by atoms with Crippen LogP contribution in [0.5, 0.6) is 0 Å². The minimum atomic E-state index is 0.122. The van der Waals surface area contributed by atoms with Crippen molar-refractivity contribution in [1.29, 1.82) is 0 Å². The van der Waals surface area contributed by atoms with Crippen molar-refractivity contribution in [3.05, 3.63) is 0 Å². The molecule has 3 atom stereocenters. The van der Waals surface area contributed by atoms with Gasteiger partial charge < -0.3 is 5.73 Å². The molecule has 1 saturated heterocycles. The molecule has 1 aliphatic rings. The number of hydrogen-bond acceptors (Lipinski definition) is 3. The topological polar surface area (TPSA) is 58.4 Å². The third-order valence-electron chi connectivity index (χ3n) is 4.06. The molecule has 0 aromatic heterocycles. The van der Waals surface area contributed by atoms with Gasteiger partial charge in [0.05, 0.1) is 0 Å². The van der Waals surface area contributed by atoms with Crippen LogP contribution in [0.2, 0.25) is 0 Å². The maximum absolute atomic E-state index is 12.1. The van der Waals surface area contributed by atoms with E-state index < -0.39 is 0 Å². The van der Waals surface area contributed by atoms with Gasteiger partial charge in [0.1, 0.15) is 0 Å². The summed E-state index contributed by atoms with van der Waals surface area (Å²) in [6, 6.07) is 0.878.